The van der Waals surface area contributed by atoms with Gasteiger partial charge in [0.05, 0.1) is 6.61 Å². The van der Waals surface area contributed by atoms with E-state index in [0.717, 1.165) is 3.57 Å². The zero-order chi connectivity index (χ0) is 19.0. The van der Waals surface area contributed by atoms with Gasteiger partial charge in [0.2, 0.25) is 0 Å². The summed E-state index contributed by atoms with van der Waals surface area (Å²) in [6.07, 6.45) is -0.548. The van der Waals surface area contributed by atoms with Crippen molar-refractivity contribution < 1.29 is 23.9 Å². The Bertz CT molecular complexity index is 623. The van der Waals surface area contributed by atoms with Crippen LogP contribution in [0.3, 0.4) is 0 Å². The van der Waals surface area contributed by atoms with Crippen molar-refractivity contribution >= 4 is 58.1 Å². The van der Waals surface area contributed by atoms with Gasteiger partial charge in [0, 0.05) is 20.7 Å². The highest BCUT2D eigenvalue weighted by Gasteiger charge is 2.26. The molecule has 2 atom stereocenters. The summed E-state index contributed by atoms with van der Waals surface area (Å²) in [4.78, 5) is 35.0. The number of benzene rings is 1. The zero-order valence-corrected chi connectivity index (χ0v) is 17.2. The number of ether oxygens (including phenoxy) is 2. The van der Waals surface area contributed by atoms with E-state index in [4.69, 9.17) is 21.1 Å². The number of hydrogen-bond donors (Lipinski definition) is 1. The molecule has 1 N–H and O–H groups in total. The second-order valence-electron chi connectivity index (χ2n) is 5.83. The fourth-order valence-corrected chi connectivity index (χ4v) is 2.44. The summed E-state index contributed by atoms with van der Waals surface area (Å²) in [7, 11) is 0. The highest BCUT2D eigenvalue weighted by molar-refractivity contribution is 14.1. The number of carbonyl (C=O) groups excluding carboxylic acids is 3. The Balaban J connectivity index is 2.74. The summed E-state index contributed by atoms with van der Waals surface area (Å²) in [5, 5.41) is 3.43. The third-order valence-electron chi connectivity index (χ3n) is 3.06. The zero-order valence-electron chi connectivity index (χ0n) is 14.3. The van der Waals surface area contributed by atoms with Crippen molar-refractivity contribution in [2.75, 3.05) is 11.9 Å². The van der Waals surface area contributed by atoms with Crippen molar-refractivity contribution in [2.45, 2.75) is 39.3 Å². The van der Waals surface area contributed by atoms with Crippen molar-refractivity contribution in [3.63, 3.8) is 0 Å². The lowest BCUT2D eigenvalue weighted by molar-refractivity contribution is -0.167. The first-order valence-corrected chi connectivity index (χ1v) is 9.22. The quantitative estimate of drug-likeness (QED) is 0.331. The van der Waals surface area contributed by atoms with Gasteiger partial charge < -0.3 is 19.6 Å². The highest BCUT2D eigenvalue weighted by Crippen LogP contribution is 2.24. The minimum absolute atomic E-state index is 0.102. The number of hydrogen-bond acceptors (Lipinski definition) is 6. The number of halogens is 2. The van der Waals surface area contributed by atoms with E-state index in [-0.39, 0.29) is 18.9 Å². The van der Waals surface area contributed by atoms with Crippen LogP contribution in [0.15, 0.2) is 18.2 Å². The van der Waals surface area contributed by atoms with E-state index in [1.54, 1.807) is 18.2 Å². The smallest absolute Gasteiger partial charge is 0.347 e. The first kappa shape index (κ1) is 21.7. The van der Waals surface area contributed by atoms with Crippen LogP contribution in [0.4, 0.5) is 5.69 Å². The predicted octanol–water partition coefficient (Wildman–Crippen LogP) is 3.45. The van der Waals surface area contributed by atoms with E-state index in [2.05, 4.69) is 27.9 Å². The molecule has 8 heteroatoms. The predicted molar refractivity (Wildman–Crippen MR) is 104 cm³/mol. The first-order chi connectivity index (χ1) is 11.7. The second kappa shape index (κ2) is 10.6. The van der Waals surface area contributed by atoms with Crippen molar-refractivity contribution in [3.8, 4) is 0 Å². The van der Waals surface area contributed by atoms with Gasteiger partial charge in [-0.3, -0.25) is 0 Å². The topological polar surface area (TPSA) is 81.7 Å². The molecule has 25 heavy (non-hydrogen) atoms. The van der Waals surface area contributed by atoms with E-state index < -0.39 is 24.1 Å². The van der Waals surface area contributed by atoms with E-state index in [1.807, 2.05) is 13.8 Å². The summed E-state index contributed by atoms with van der Waals surface area (Å²) in [5.41, 5.74) is 0.604. The number of esters is 2. The van der Waals surface area contributed by atoms with Gasteiger partial charge in [0.15, 0.2) is 6.10 Å². The van der Waals surface area contributed by atoms with E-state index >= 15 is 0 Å². The van der Waals surface area contributed by atoms with Gasteiger partial charge in [-0.1, -0.05) is 25.4 Å². The summed E-state index contributed by atoms with van der Waals surface area (Å²) in [6, 6.07) is 4.22. The maximum Gasteiger partial charge on any atom is 0.347 e. The molecule has 1 aromatic carbocycles. The van der Waals surface area contributed by atoms with Crippen LogP contribution in [-0.2, 0) is 23.9 Å². The molecule has 138 valence electrons. The minimum atomic E-state index is -1.05. The Morgan fingerprint density at radius 1 is 1.28 bits per heavy atom. The molecule has 0 amide bonds. The van der Waals surface area contributed by atoms with Crippen LogP contribution in [0.1, 0.15) is 27.2 Å². The Morgan fingerprint density at radius 3 is 2.56 bits per heavy atom. The monoisotopic (exact) mass is 481 g/mol. The normalized spacial score (nSPS) is 13.0. The molecule has 2 unspecified atom stereocenters. The molecule has 1 rings (SSSR count). The lowest BCUT2D eigenvalue weighted by Gasteiger charge is -2.20. The van der Waals surface area contributed by atoms with Crippen molar-refractivity contribution in [1.29, 1.82) is 0 Å². The molecule has 0 aliphatic carbocycles. The van der Waals surface area contributed by atoms with Crippen LogP contribution in [0, 0.1) is 9.49 Å². The SMILES string of the molecule is CC(C)COC(=O)C(C)OC(=O)C(CC=O)Nc1cc(Cl)ccc1I. The molecule has 0 radical (unpaired) electrons. The molecule has 6 nitrogen and oxygen atoms in total. The van der Waals surface area contributed by atoms with Gasteiger partial charge in [-0.05, 0) is 53.6 Å². The summed E-state index contributed by atoms with van der Waals surface area (Å²) < 4.78 is 11.0. The lowest BCUT2D eigenvalue weighted by Crippen LogP contribution is -2.37. The largest absolute Gasteiger partial charge is 0.463 e. The third kappa shape index (κ3) is 7.60. The number of carbonyl (C=O) groups is 3. The Morgan fingerprint density at radius 2 is 1.96 bits per heavy atom. The van der Waals surface area contributed by atoms with Crippen molar-refractivity contribution in [3.05, 3.63) is 26.8 Å². The standard InChI is InChI=1S/C17H21ClINO5/c1-10(2)9-24-16(22)11(3)25-17(23)14(6-7-21)20-15-8-12(18)4-5-13(15)19/h4-5,7-8,10-11,14,20H,6,9H2,1-3H3. The van der Waals surface area contributed by atoms with Crippen LogP contribution in [0.5, 0.6) is 0 Å². The second-order valence-corrected chi connectivity index (χ2v) is 7.43. The summed E-state index contributed by atoms with van der Waals surface area (Å²) in [5.74, 6) is -1.15. The number of aldehydes is 1. The van der Waals surface area contributed by atoms with Crippen LogP contribution in [0.25, 0.3) is 0 Å². The van der Waals surface area contributed by atoms with E-state index in [0.29, 0.717) is 17.0 Å². The van der Waals surface area contributed by atoms with Gasteiger partial charge in [-0.15, -0.1) is 0 Å². The Hall–Kier alpha value is -1.35. The maximum absolute atomic E-state index is 12.3. The molecule has 0 saturated heterocycles. The highest BCUT2D eigenvalue weighted by atomic mass is 127. The molecular weight excluding hydrogens is 461 g/mol. The van der Waals surface area contributed by atoms with E-state index in [9.17, 15) is 14.4 Å². The Kier molecular flexibility index (Phi) is 9.20. The molecule has 0 spiro atoms. The van der Waals surface area contributed by atoms with E-state index in [1.165, 1.54) is 6.92 Å². The van der Waals surface area contributed by atoms with Crippen LogP contribution >= 0.6 is 34.2 Å². The fraction of sp³-hybridized carbons (Fsp3) is 0.471. The van der Waals surface area contributed by atoms with Crippen LogP contribution in [0.2, 0.25) is 5.02 Å². The molecule has 0 aliphatic heterocycles. The fourth-order valence-electron chi connectivity index (χ4n) is 1.78. The number of nitrogens with one attached hydrogen (secondary N) is 1. The lowest BCUT2D eigenvalue weighted by atomic mass is 10.2. The summed E-state index contributed by atoms with van der Waals surface area (Å²) >= 11 is 8.03. The van der Waals surface area contributed by atoms with Gasteiger partial charge in [0.1, 0.15) is 12.3 Å². The van der Waals surface area contributed by atoms with Gasteiger partial charge in [0.25, 0.3) is 0 Å². The molecule has 0 fully saturated rings. The Labute approximate surface area is 165 Å². The average Bonchev–Trinajstić information content (AvgIpc) is 2.55. The molecular formula is C17H21ClINO5. The average molecular weight is 482 g/mol. The molecule has 1 aromatic rings. The molecule has 0 bridgehead atoms. The molecule has 0 saturated carbocycles. The molecule has 0 aromatic heterocycles. The third-order valence-corrected chi connectivity index (χ3v) is 4.23. The molecule has 0 heterocycles. The van der Waals surface area contributed by atoms with Crippen LogP contribution < -0.4 is 5.32 Å². The summed E-state index contributed by atoms with van der Waals surface area (Å²) in [6.45, 7) is 5.49. The van der Waals surface area contributed by atoms with Gasteiger partial charge >= 0.3 is 11.9 Å². The van der Waals surface area contributed by atoms with Crippen LogP contribution in [-0.4, -0.2) is 37.0 Å². The van der Waals surface area contributed by atoms with Crippen molar-refractivity contribution in [2.24, 2.45) is 5.92 Å². The number of anilines is 1. The van der Waals surface area contributed by atoms with Gasteiger partial charge in [-0.2, -0.15) is 0 Å². The van der Waals surface area contributed by atoms with Gasteiger partial charge in [-0.25, -0.2) is 9.59 Å². The maximum atomic E-state index is 12.3. The number of rotatable bonds is 9. The first-order valence-electron chi connectivity index (χ1n) is 7.77. The molecule has 0 aliphatic rings. The van der Waals surface area contributed by atoms with Crippen molar-refractivity contribution in [1.82, 2.24) is 0 Å². The minimum Gasteiger partial charge on any atom is -0.463 e.